The second-order valence-electron chi connectivity index (χ2n) is 2.75. The Kier molecular flexibility index (Phi) is 1.58. The van der Waals surface area contributed by atoms with Gasteiger partial charge in [0.15, 0.2) is 0 Å². The van der Waals surface area contributed by atoms with Crippen molar-refractivity contribution in [3.05, 3.63) is 36.0 Å². The van der Waals surface area contributed by atoms with Crippen LogP contribution in [0.15, 0.2) is 30.5 Å². The van der Waals surface area contributed by atoms with Crippen LogP contribution in [-0.2, 0) is 6.18 Å². The third-order valence-corrected chi connectivity index (χ3v) is 1.89. The predicted octanol–water partition coefficient (Wildman–Crippen LogP) is 3.19. The number of benzene rings is 1. The Labute approximate surface area is 72.2 Å². The van der Waals surface area contributed by atoms with Gasteiger partial charge >= 0.3 is 6.18 Å². The number of fused-ring (bicyclic) bond motifs is 1. The summed E-state index contributed by atoms with van der Waals surface area (Å²) in [6, 6.07) is 5.73. The summed E-state index contributed by atoms with van der Waals surface area (Å²) >= 11 is 0. The summed E-state index contributed by atoms with van der Waals surface area (Å²) in [6.07, 6.45) is -2.79. The lowest BCUT2D eigenvalue weighted by Crippen LogP contribution is -2.05. The van der Waals surface area contributed by atoms with Crippen molar-refractivity contribution in [1.82, 2.24) is 4.98 Å². The Balaban J connectivity index is 2.75. The van der Waals surface area contributed by atoms with Gasteiger partial charge in [-0.2, -0.15) is 13.2 Å². The Morgan fingerprint density at radius 2 is 1.85 bits per heavy atom. The third-order valence-electron chi connectivity index (χ3n) is 1.89. The molecule has 1 nitrogen and oxygen atoms in total. The van der Waals surface area contributed by atoms with E-state index in [0.717, 1.165) is 6.07 Å². The maximum atomic E-state index is 12.4. The highest BCUT2D eigenvalue weighted by molar-refractivity contribution is 5.82. The summed E-state index contributed by atoms with van der Waals surface area (Å²) in [4.78, 5) is 2.57. The van der Waals surface area contributed by atoms with Crippen molar-refractivity contribution in [2.75, 3.05) is 0 Å². The van der Waals surface area contributed by atoms with Crippen molar-refractivity contribution in [3.63, 3.8) is 0 Å². The first-order valence-corrected chi connectivity index (χ1v) is 3.72. The van der Waals surface area contributed by atoms with Crippen LogP contribution in [0.1, 0.15) is 5.56 Å². The smallest absolute Gasteiger partial charge is 0.361 e. The minimum absolute atomic E-state index is 0.148. The zero-order valence-electron chi connectivity index (χ0n) is 6.52. The molecule has 0 aliphatic heterocycles. The molecule has 0 saturated carbocycles. The van der Waals surface area contributed by atoms with Gasteiger partial charge in [0.05, 0.1) is 11.1 Å². The second kappa shape index (κ2) is 2.52. The molecule has 0 fully saturated rings. The van der Waals surface area contributed by atoms with Crippen LogP contribution in [0.5, 0.6) is 0 Å². The lowest BCUT2D eigenvalue weighted by Gasteiger charge is -2.06. The van der Waals surface area contributed by atoms with Gasteiger partial charge < -0.3 is 4.98 Å². The molecule has 0 spiro atoms. The molecular formula is C9H6F3N. The molecule has 1 aromatic carbocycles. The van der Waals surface area contributed by atoms with Crippen LogP contribution in [0, 0.1) is 0 Å². The quantitative estimate of drug-likeness (QED) is 0.648. The first-order chi connectivity index (χ1) is 6.09. The van der Waals surface area contributed by atoms with Gasteiger partial charge in [-0.15, -0.1) is 0 Å². The molecule has 0 atom stereocenters. The Morgan fingerprint density at radius 3 is 2.54 bits per heavy atom. The van der Waals surface area contributed by atoms with E-state index in [1.165, 1.54) is 12.3 Å². The van der Waals surface area contributed by atoms with E-state index in [4.69, 9.17) is 0 Å². The molecule has 2 rings (SSSR count). The number of hydrogen-bond acceptors (Lipinski definition) is 0. The van der Waals surface area contributed by atoms with Crippen LogP contribution < -0.4 is 0 Å². The molecule has 0 radical (unpaired) electrons. The molecule has 68 valence electrons. The third kappa shape index (κ3) is 1.28. The average Bonchev–Trinajstić information content (AvgIpc) is 2.48. The van der Waals surface area contributed by atoms with E-state index < -0.39 is 11.7 Å². The van der Waals surface area contributed by atoms with E-state index in [2.05, 4.69) is 4.98 Å². The van der Waals surface area contributed by atoms with Gasteiger partial charge in [0.2, 0.25) is 0 Å². The Bertz CT molecular complexity index is 428. The van der Waals surface area contributed by atoms with E-state index in [1.807, 2.05) is 0 Å². The largest absolute Gasteiger partial charge is 0.418 e. The molecule has 0 aliphatic carbocycles. The van der Waals surface area contributed by atoms with Crippen molar-refractivity contribution in [2.24, 2.45) is 0 Å². The van der Waals surface area contributed by atoms with Crippen molar-refractivity contribution in [1.29, 1.82) is 0 Å². The number of rotatable bonds is 0. The Hall–Kier alpha value is -1.45. The lowest BCUT2D eigenvalue weighted by molar-refractivity contribution is -0.136. The van der Waals surface area contributed by atoms with Crippen LogP contribution in [0.25, 0.3) is 10.9 Å². The molecule has 0 aliphatic rings. The van der Waals surface area contributed by atoms with Crippen molar-refractivity contribution in [3.8, 4) is 0 Å². The molecule has 0 unspecified atom stereocenters. The van der Waals surface area contributed by atoms with Crippen LogP contribution in [0.4, 0.5) is 13.2 Å². The van der Waals surface area contributed by atoms with Gasteiger partial charge in [-0.1, -0.05) is 12.1 Å². The van der Waals surface area contributed by atoms with Crippen molar-refractivity contribution < 1.29 is 13.2 Å². The highest BCUT2D eigenvalue weighted by atomic mass is 19.4. The number of hydrogen-bond donors (Lipinski definition) is 1. The standard InChI is InChI=1S/C9H6F3N/c10-9(11,12)7-3-1-2-6-4-5-13-8(6)7/h1-5,13H. The fraction of sp³-hybridized carbons (Fsp3) is 0.111. The SMILES string of the molecule is FC(F)(F)c1cccc2cc[nH]c12. The van der Waals surface area contributed by atoms with Gasteiger partial charge in [0, 0.05) is 6.20 Å². The highest BCUT2D eigenvalue weighted by Crippen LogP contribution is 2.33. The fourth-order valence-corrected chi connectivity index (χ4v) is 1.32. The minimum atomic E-state index is -4.29. The summed E-state index contributed by atoms with van der Waals surface area (Å²) in [5.41, 5.74) is -0.468. The van der Waals surface area contributed by atoms with Gasteiger partial charge in [0.25, 0.3) is 0 Å². The molecule has 0 amide bonds. The number of aromatic amines is 1. The molecule has 2 aromatic rings. The van der Waals surface area contributed by atoms with Crippen molar-refractivity contribution >= 4 is 10.9 Å². The molecule has 13 heavy (non-hydrogen) atoms. The van der Waals surface area contributed by atoms with E-state index in [-0.39, 0.29) is 5.52 Å². The molecule has 1 N–H and O–H groups in total. The maximum absolute atomic E-state index is 12.4. The van der Waals surface area contributed by atoms with E-state index >= 15 is 0 Å². The molecule has 0 bridgehead atoms. The van der Waals surface area contributed by atoms with Gasteiger partial charge in [0.1, 0.15) is 0 Å². The lowest BCUT2D eigenvalue weighted by atomic mass is 10.1. The number of alkyl halides is 3. The first-order valence-electron chi connectivity index (χ1n) is 3.72. The van der Waals surface area contributed by atoms with Gasteiger partial charge in [-0.25, -0.2) is 0 Å². The average molecular weight is 185 g/mol. The maximum Gasteiger partial charge on any atom is 0.418 e. The second-order valence-corrected chi connectivity index (χ2v) is 2.75. The fourth-order valence-electron chi connectivity index (χ4n) is 1.32. The number of aromatic nitrogens is 1. The molecule has 0 saturated heterocycles. The van der Waals surface area contributed by atoms with E-state index in [9.17, 15) is 13.2 Å². The molecular weight excluding hydrogens is 179 g/mol. The molecule has 1 heterocycles. The van der Waals surface area contributed by atoms with Crippen molar-refractivity contribution in [2.45, 2.75) is 6.18 Å². The highest BCUT2D eigenvalue weighted by Gasteiger charge is 2.32. The van der Waals surface area contributed by atoms with Gasteiger partial charge in [-0.05, 0) is 17.5 Å². The summed E-state index contributed by atoms with van der Waals surface area (Å²) in [7, 11) is 0. The molecule has 1 aromatic heterocycles. The zero-order chi connectivity index (χ0) is 9.47. The van der Waals surface area contributed by atoms with E-state index in [1.54, 1.807) is 12.1 Å². The topological polar surface area (TPSA) is 15.8 Å². The first kappa shape index (κ1) is 8.16. The predicted molar refractivity (Wildman–Crippen MR) is 43.3 cm³/mol. The number of nitrogens with one attached hydrogen (secondary N) is 1. The summed E-state index contributed by atoms with van der Waals surface area (Å²) in [5, 5.41) is 0.579. The zero-order valence-corrected chi connectivity index (χ0v) is 6.52. The van der Waals surface area contributed by atoms with E-state index in [0.29, 0.717) is 5.39 Å². The van der Waals surface area contributed by atoms with Crippen LogP contribution in [0.2, 0.25) is 0 Å². The summed E-state index contributed by atoms with van der Waals surface area (Å²) in [5.74, 6) is 0. The number of para-hydroxylation sites is 1. The van der Waals surface area contributed by atoms with Crippen LogP contribution in [-0.4, -0.2) is 4.98 Å². The molecule has 4 heteroatoms. The monoisotopic (exact) mass is 185 g/mol. The minimum Gasteiger partial charge on any atom is -0.361 e. The van der Waals surface area contributed by atoms with Crippen LogP contribution in [0.3, 0.4) is 0 Å². The summed E-state index contributed by atoms with van der Waals surface area (Å²) in [6.45, 7) is 0. The number of H-pyrrole nitrogens is 1. The normalized spacial score (nSPS) is 12.2. The van der Waals surface area contributed by atoms with Crippen LogP contribution >= 0.6 is 0 Å². The van der Waals surface area contributed by atoms with Gasteiger partial charge in [-0.3, -0.25) is 0 Å². The Morgan fingerprint density at radius 1 is 1.08 bits per heavy atom. The summed E-state index contributed by atoms with van der Waals surface area (Å²) < 4.78 is 37.1. The number of halogens is 3.